The van der Waals surface area contributed by atoms with Crippen molar-refractivity contribution in [2.75, 3.05) is 11.9 Å². The number of benzene rings is 1. The summed E-state index contributed by atoms with van der Waals surface area (Å²) < 4.78 is 27.9. The lowest BCUT2D eigenvalue weighted by Crippen LogP contribution is -2.20. The molecule has 2 aromatic rings. The Balaban J connectivity index is 2.27. The van der Waals surface area contributed by atoms with Crippen molar-refractivity contribution in [1.29, 1.82) is 0 Å². The third kappa shape index (κ3) is 3.25. The number of nitrogens with zero attached hydrogens (tertiary/aromatic N) is 2. The first-order chi connectivity index (χ1) is 9.51. The Morgan fingerprint density at radius 1 is 1.20 bits per heavy atom. The van der Waals surface area contributed by atoms with E-state index in [0.717, 1.165) is 11.4 Å². The van der Waals surface area contributed by atoms with Crippen LogP contribution in [0.4, 0.5) is 14.5 Å². The standard InChI is InChI=1S/C15H15ClF2N2/c1-10-4-3-5-12(19-10)9-20(2)15-13(17)6-11(8-16)7-14(15)18/h3-7H,8-9H2,1-2H3. The largest absolute Gasteiger partial charge is 0.364 e. The van der Waals surface area contributed by atoms with Gasteiger partial charge in [0.2, 0.25) is 0 Å². The Morgan fingerprint density at radius 2 is 1.85 bits per heavy atom. The van der Waals surface area contributed by atoms with Gasteiger partial charge in [0.1, 0.15) is 17.3 Å². The van der Waals surface area contributed by atoms with Gasteiger partial charge in [-0.1, -0.05) is 6.07 Å². The number of halogens is 3. The minimum atomic E-state index is -0.615. The van der Waals surface area contributed by atoms with Crippen LogP contribution in [0.2, 0.25) is 0 Å². The maximum Gasteiger partial charge on any atom is 0.149 e. The van der Waals surface area contributed by atoms with Gasteiger partial charge in [-0.2, -0.15) is 0 Å². The normalized spacial score (nSPS) is 10.7. The van der Waals surface area contributed by atoms with E-state index < -0.39 is 11.6 Å². The average Bonchev–Trinajstić information content (AvgIpc) is 2.37. The molecular weight excluding hydrogens is 282 g/mol. The van der Waals surface area contributed by atoms with E-state index in [2.05, 4.69) is 4.98 Å². The maximum atomic E-state index is 14.0. The van der Waals surface area contributed by atoms with E-state index in [1.54, 1.807) is 7.05 Å². The fourth-order valence-electron chi connectivity index (χ4n) is 2.07. The molecule has 0 amide bonds. The molecule has 0 atom stereocenters. The molecule has 1 aromatic heterocycles. The lowest BCUT2D eigenvalue weighted by Gasteiger charge is -2.20. The second-order valence-electron chi connectivity index (χ2n) is 4.67. The third-order valence-electron chi connectivity index (χ3n) is 2.96. The van der Waals surface area contributed by atoms with Crippen molar-refractivity contribution >= 4 is 17.3 Å². The molecule has 0 aliphatic heterocycles. The van der Waals surface area contributed by atoms with Crippen molar-refractivity contribution in [3.8, 4) is 0 Å². The summed E-state index contributed by atoms with van der Waals surface area (Å²) in [5.41, 5.74) is 1.98. The molecule has 0 fully saturated rings. The van der Waals surface area contributed by atoms with Crippen LogP contribution in [0.3, 0.4) is 0 Å². The third-order valence-corrected chi connectivity index (χ3v) is 3.27. The summed E-state index contributed by atoms with van der Waals surface area (Å²) in [6.45, 7) is 2.20. The Labute approximate surface area is 122 Å². The predicted molar refractivity (Wildman–Crippen MR) is 77.0 cm³/mol. The summed E-state index contributed by atoms with van der Waals surface area (Å²) >= 11 is 5.59. The van der Waals surface area contributed by atoms with E-state index in [1.807, 2.05) is 25.1 Å². The summed E-state index contributed by atoms with van der Waals surface area (Å²) in [5.74, 6) is -1.15. The van der Waals surface area contributed by atoms with E-state index in [-0.39, 0.29) is 11.6 Å². The molecular formula is C15H15ClF2N2. The van der Waals surface area contributed by atoms with Gasteiger partial charge in [0.15, 0.2) is 0 Å². The van der Waals surface area contributed by atoms with E-state index in [1.165, 1.54) is 17.0 Å². The zero-order valence-corrected chi connectivity index (χ0v) is 12.1. The van der Waals surface area contributed by atoms with Crippen molar-refractivity contribution in [3.63, 3.8) is 0 Å². The van der Waals surface area contributed by atoms with Crippen molar-refractivity contribution in [2.45, 2.75) is 19.3 Å². The van der Waals surface area contributed by atoms with E-state index >= 15 is 0 Å². The zero-order valence-electron chi connectivity index (χ0n) is 11.3. The molecule has 0 unspecified atom stereocenters. The van der Waals surface area contributed by atoms with Gasteiger partial charge in [-0.05, 0) is 36.8 Å². The highest BCUT2D eigenvalue weighted by molar-refractivity contribution is 6.17. The zero-order chi connectivity index (χ0) is 14.7. The molecule has 0 spiro atoms. The van der Waals surface area contributed by atoms with Crippen LogP contribution in [-0.4, -0.2) is 12.0 Å². The fourth-order valence-corrected chi connectivity index (χ4v) is 2.22. The highest BCUT2D eigenvalue weighted by atomic mass is 35.5. The van der Waals surface area contributed by atoms with Gasteiger partial charge >= 0.3 is 0 Å². The lowest BCUT2D eigenvalue weighted by atomic mass is 10.2. The number of hydrogen-bond donors (Lipinski definition) is 0. The van der Waals surface area contributed by atoms with Gasteiger partial charge in [0.25, 0.3) is 0 Å². The number of aryl methyl sites for hydroxylation is 1. The molecule has 0 radical (unpaired) electrons. The number of aromatic nitrogens is 1. The van der Waals surface area contributed by atoms with Crippen LogP contribution >= 0.6 is 11.6 Å². The highest BCUT2D eigenvalue weighted by Gasteiger charge is 2.15. The van der Waals surface area contributed by atoms with Gasteiger partial charge in [-0.25, -0.2) is 8.78 Å². The van der Waals surface area contributed by atoms with Gasteiger partial charge in [0, 0.05) is 18.6 Å². The van der Waals surface area contributed by atoms with Crippen LogP contribution in [0, 0.1) is 18.6 Å². The highest BCUT2D eigenvalue weighted by Crippen LogP contribution is 2.25. The first-order valence-electron chi connectivity index (χ1n) is 6.19. The lowest BCUT2D eigenvalue weighted by molar-refractivity contribution is 0.574. The average molecular weight is 297 g/mol. The Bertz CT molecular complexity index is 594. The molecule has 0 saturated carbocycles. The van der Waals surface area contributed by atoms with E-state index in [9.17, 15) is 8.78 Å². The van der Waals surface area contributed by atoms with Gasteiger partial charge in [-0.15, -0.1) is 11.6 Å². The SMILES string of the molecule is Cc1cccc(CN(C)c2c(F)cc(CCl)cc2F)n1. The van der Waals surface area contributed by atoms with Gasteiger partial charge in [0.05, 0.1) is 12.2 Å². The topological polar surface area (TPSA) is 16.1 Å². The summed E-state index contributed by atoms with van der Waals surface area (Å²) in [5, 5.41) is 0. The Kier molecular flexibility index (Phi) is 4.55. The molecule has 2 nitrogen and oxygen atoms in total. The molecule has 106 valence electrons. The minimum absolute atomic E-state index is 0.0674. The van der Waals surface area contributed by atoms with Crippen molar-refractivity contribution < 1.29 is 8.78 Å². The minimum Gasteiger partial charge on any atom is -0.364 e. The molecule has 1 heterocycles. The monoisotopic (exact) mass is 296 g/mol. The van der Waals surface area contributed by atoms with Gasteiger partial charge < -0.3 is 4.90 Å². The molecule has 0 N–H and O–H groups in total. The van der Waals surface area contributed by atoms with Crippen LogP contribution in [-0.2, 0) is 12.4 Å². The smallest absolute Gasteiger partial charge is 0.149 e. The summed E-state index contributed by atoms with van der Waals surface area (Å²) in [6, 6.07) is 8.08. The van der Waals surface area contributed by atoms with Crippen LogP contribution in [0.5, 0.6) is 0 Å². The molecule has 0 saturated heterocycles. The quantitative estimate of drug-likeness (QED) is 0.792. The first-order valence-corrected chi connectivity index (χ1v) is 6.72. The molecule has 0 aliphatic rings. The maximum absolute atomic E-state index is 14.0. The molecule has 2 rings (SSSR count). The molecule has 20 heavy (non-hydrogen) atoms. The summed E-state index contributed by atoms with van der Waals surface area (Å²) in [6.07, 6.45) is 0. The number of anilines is 1. The number of rotatable bonds is 4. The Morgan fingerprint density at radius 3 is 2.40 bits per heavy atom. The summed E-state index contributed by atoms with van der Waals surface area (Å²) in [7, 11) is 1.63. The molecule has 0 bridgehead atoms. The second-order valence-corrected chi connectivity index (χ2v) is 4.94. The van der Waals surface area contributed by atoms with E-state index in [0.29, 0.717) is 12.1 Å². The number of alkyl halides is 1. The molecule has 1 aromatic carbocycles. The number of hydrogen-bond acceptors (Lipinski definition) is 2. The second kappa shape index (κ2) is 6.18. The predicted octanol–water partition coefficient (Wildman–Crippen LogP) is 4.04. The Hall–Kier alpha value is -1.68. The van der Waals surface area contributed by atoms with Crippen LogP contribution in [0.15, 0.2) is 30.3 Å². The van der Waals surface area contributed by atoms with E-state index in [4.69, 9.17) is 11.6 Å². The van der Waals surface area contributed by atoms with Crippen LogP contribution < -0.4 is 4.90 Å². The molecule has 0 aliphatic carbocycles. The fraction of sp³-hybridized carbons (Fsp3) is 0.267. The van der Waals surface area contributed by atoms with Crippen molar-refractivity contribution in [3.05, 3.63) is 58.9 Å². The number of pyridine rings is 1. The van der Waals surface area contributed by atoms with Crippen LogP contribution in [0.1, 0.15) is 17.0 Å². The molecule has 5 heteroatoms. The van der Waals surface area contributed by atoms with Crippen molar-refractivity contribution in [2.24, 2.45) is 0 Å². The van der Waals surface area contributed by atoms with Crippen molar-refractivity contribution in [1.82, 2.24) is 4.98 Å². The van der Waals surface area contributed by atoms with Crippen LogP contribution in [0.25, 0.3) is 0 Å². The van der Waals surface area contributed by atoms with Gasteiger partial charge in [-0.3, -0.25) is 4.98 Å². The summed E-state index contributed by atoms with van der Waals surface area (Å²) in [4.78, 5) is 5.83. The first kappa shape index (κ1) is 14.7.